The Bertz CT molecular complexity index is 422. The second-order valence-electron chi connectivity index (χ2n) is 5.53. The van der Waals surface area contributed by atoms with Crippen LogP contribution in [0.1, 0.15) is 57.1 Å². The molecule has 0 amide bonds. The molecule has 0 saturated heterocycles. The second kappa shape index (κ2) is 7.96. The maximum absolute atomic E-state index is 9.10. The molecule has 0 fully saturated rings. The molecule has 0 aliphatic carbocycles. The van der Waals surface area contributed by atoms with Gasteiger partial charge in [-0.2, -0.15) is 5.26 Å². The summed E-state index contributed by atoms with van der Waals surface area (Å²) < 4.78 is 0. The topological polar surface area (TPSA) is 44.0 Å². The number of aliphatic hydroxyl groups is 1. The lowest BCUT2D eigenvalue weighted by molar-refractivity contribution is 0.299. The van der Waals surface area contributed by atoms with Gasteiger partial charge in [-0.3, -0.25) is 0 Å². The average Bonchev–Trinajstić information content (AvgIpc) is 2.40. The molecule has 0 saturated carbocycles. The van der Waals surface area contributed by atoms with Crippen LogP contribution in [-0.2, 0) is 11.8 Å². The normalized spacial score (nSPS) is 13.8. The predicted octanol–water partition coefficient (Wildman–Crippen LogP) is 3.97. The second-order valence-corrected chi connectivity index (χ2v) is 5.53. The van der Waals surface area contributed by atoms with Crippen molar-refractivity contribution in [1.29, 1.82) is 5.26 Å². The fourth-order valence-electron chi connectivity index (χ4n) is 2.51. The molecular weight excluding hydrogens is 234 g/mol. The number of nitriles is 1. The highest BCUT2D eigenvalue weighted by Gasteiger charge is 2.26. The molecule has 1 aromatic carbocycles. The summed E-state index contributed by atoms with van der Waals surface area (Å²) in [4.78, 5) is 0. The summed E-state index contributed by atoms with van der Waals surface area (Å²) in [5.41, 5.74) is 2.32. The Labute approximate surface area is 117 Å². The van der Waals surface area contributed by atoms with Gasteiger partial charge in [-0.25, -0.2) is 0 Å². The first-order chi connectivity index (χ1) is 9.16. The lowest BCUT2D eigenvalue weighted by Crippen LogP contribution is -2.21. The third kappa shape index (κ3) is 4.69. The van der Waals surface area contributed by atoms with Gasteiger partial charge in [0.25, 0.3) is 0 Å². The highest BCUT2D eigenvalue weighted by atomic mass is 16.2. The summed E-state index contributed by atoms with van der Waals surface area (Å²) in [5, 5.41) is 18.1. The first-order valence-electron chi connectivity index (χ1n) is 7.23. The monoisotopic (exact) mass is 259 g/mol. The van der Waals surface area contributed by atoms with Gasteiger partial charge in [0, 0.05) is 18.4 Å². The zero-order chi connectivity index (χ0) is 14.1. The van der Waals surface area contributed by atoms with E-state index in [0.29, 0.717) is 12.8 Å². The zero-order valence-corrected chi connectivity index (χ0v) is 12.2. The predicted molar refractivity (Wildman–Crippen MR) is 79.0 cm³/mol. The number of nitrogens with zero attached hydrogens (tertiary/aromatic N) is 1. The minimum atomic E-state index is -0.0601. The Hall–Kier alpha value is -1.33. The van der Waals surface area contributed by atoms with Crippen LogP contribution in [0.3, 0.4) is 0 Å². The lowest BCUT2D eigenvalue weighted by Gasteiger charge is -2.28. The van der Waals surface area contributed by atoms with Crippen molar-refractivity contribution in [3.63, 3.8) is 0 Å². The van der Waals surface area contributed by atoms with Crippen LogP contribution in [-0.4, -0.2) is 11.7 Å². The van der Waals surface area contributed by atoms with Crippen LogP contribution in [0.4, 0.5) is 0 Å². The van der Waals surface area contributed by atoms with E-state index in [1.807, 2.05) is 12.1 Å². The lowest BCUT2D eigenvalue weighted by atomic mass is 9.75. The van der Waals surface area contributed by atoms with Crippen molar-refractivity contribution in [2.75, 3.05) is 6.61 Å². The molecule has 0 aliphatic heterocycles. The Morgan fingerprint density at radius 2 is 2.11 bits per heavy atom. The Morgan fingerprint density at radius 1 is 1.32 bits per heavy atom. The first kappa shape index (κ1) is 15.7. The first-order valence-corrected chi connectivity index (χ1v) is 7.23. The zero-order valence-electron chi connectivity index (χ0n) is 12.2. The van der Waals surface area contributed by atoms with Crippen LogP contribution in [0.2, 0.25) is 0 Å². The molecule has 2 heteroatoms. The molecule has 0 aromatic heterocycles. The molecular formula is C17H25NO. The molecule has 104 valence electrons. The van der Waals surface area contributed by atoms with E-state index < -0.39 is 0 Å². The van der Waals surface area contributed by atoms with Crippen LogP contribution in [0.5, 0.6) is 0 Å². The van der Waals surface area contributed by atoms with Crippen molar-refractivity contribution in [3.8, 4) is 6.07 Å². The highest BCUT2D eigenvalue weighted by Crippen LogP contribution is 2.33. The van der Waals surface area contributed by atoms with E-state index in [2.05, 4.69) is 32.0 Å². The van der Waals surface area contributed by atoms with E-state index in [4.69, 9.17) is 10.4 Å². The maximum Gasteiger partial charge on any atom is 0.0631 e. The van der Waals surface area contributed by atoms with E-state index in [1.54, 1.807) is 0 Å². The van der Waals surface area contributed by atoms with Gasteiger partial charge in [0.15, 0.2) is 0 Å². The summed E-state index contributed by atoms with van der Waals surface area (Å²) in [5.74, 6) is 0. The summed E-state index contributed by atoms with van der Waals surface area (Å²) in [7, 11) is 0. The van der Waals surface area contributed by atoms with Crippen LogP contribution in [0.25, 0.3) is 0 Å². The van der Waals surface area contributed by atoms with Crippen molar-refractivity contribution in [2.45, 2.75) is 57.8 Å². The van der Waals surface area contributed by atoms with Gasteiger partial charge in [0.1, 0.15) is 0 Å². The Balaban J connectivity index is 2.90. The molecule has 0 bridgehead atoms. The molecule has 1 unspecified atom stereocenters. The number of benzene rings is 1. The molecule has 2 nitrogen and oxygen atoms in total. The fraction of sp³-hybridized carbons (Fsp3) is 0.588. The van der Waals surface area contributed by atoms with E-state index >= 15 is 0 Å². The average molecular weight is 259 g/mol. The molecule has 1 atom stereocenters. The Kier molecular flexibility index (Phi) is 6.59. The molecule has 1 aromatic rings. The molecule has 1 N–H and O–H groups in total. The number of unbranched alkanes of at least 4 members (excludes halogenated alkanes) is 2. The molecule has 0 radical (unpaired) electrons. The number of aliphatic hydroxyl groups excluding tert-OH is 1. The number of hydrogen-bond donors (Lipinski definition) is 1. The van der Waals surface area contributed by atoms with E-state index in [0.717, 1.165) is 12.0 Å². The van der Waals surface area contributed by atoms with Crippen molar-refractivity contribution in [1.82, 2.24) is 0 Å². The molecule has 19 heavy (non-hydrogen) atoms. The number of hydrogen-bond acceptors (Lipinski definition) is 2. The summed E-state index contributed by atoms with van der Waals surface area (Å²) in [6.45, 7) is 4.56. The minimum absolute atomic E-state index is 0.0601. The van der Waals surface area contributed by atoms with Gasteiger partial charge >= 0.3 is 0 Å². The van der Waals surface area contributed by atoms with Crippen LogP contribution in [0.15, 0.2) is 24.3 Å². The standard InChI is InChI=1S/C17H25NO/c1-3-4-5-10-17(2,11-12-18)16-8-6-7-15(14-16)9-13-19/h6-8,14,19H,3-5,9-11,13H2,1-2H3. The van der Waals surface area contributed by atoms with E-state index in [9.17, 15) is 0 Å². The molecule has 0 spiro atoms. The van der Waals surface area contributed by atoms with E-state index in [-0.39, 0.29) is 12.0 Å². The summed E-state index contributed by atoms with van der Waals surface area (Å²) in [6, 6.07) is 10.7. The van der Waals surface area contributed by atoms with Crippen LogP contribution >= 0.6 is 0 Å². The minimum Gasteiger partial charge on any atom is -0.396 e. The summed E-state index contributed by atoms with van der Waals surface area (Å²) in [6.07, 6.45) is 5.88. The highest BCUT2D eigenvalue weighted by molar-refractivity contribution is 5.31. The van der Waals surface area contributed by atoms with Crippen molar-refractivity contribution in [3.05, 3.63) is 35.4 Å². The van der Waals surface area contributed by atoms with Gasteiger partial charge in [-0.1, -0.05) is 57.4 Å². The summed E-state index contributed by atoms with van der Waals surface area (Å²) >= 11 is 0. The molecule has 0 aliphatic rings. The molecule has 0 heterocycles. The van der Waals surface area contributed by atoms with Crippen LogP contribution in [0, 0.1) is 11.3 Å². The van der Waals surface area contributed by atoms with Gasteiger partial charge in [0.05, 0.1) is 6.07 Å². The Morgan fingerprint density at radius 3 is 2.74 bits per heavy atom. The molecule has 1 rings (SSSR count). The van der Waals surface area contributed by atoms with E-state index in [1.165, 1.54) is 24.8 Å². The van der Waals surface area contributed by atoms with Gasteiger partial charge in [-0.05, 0) is 24.0 Å². The van der Waals surface area contributed by atoms with Gasteiger partial charge < -0.3 is 5.11 Å². The SMILES string of the molecule is CCCCCC(C)(CC#N)c1cccc(CCO)c1. The smallest absolute Gasteiger partial charge is 0.0631 e. The quantitative estimate of drug-likeness (QED) is 0.718. The van der Waals surface area contributed by atoms with Crippen molar-refractivity contribution in [2.24, 2.45) is 0 Å². The van der Waals surface area contributed by atoms with Crippen molar-refractivity contribution >= 4 is 0 Å². The fourth-order valence-corrected chi connectivity index (χ4v) is 2.51. The number of rotatable bonds is 8. The van der Waals surface area contributed by atoms with Crippen molar-refractivity contribution < 1.29 is 5.11 Å². The third-order valence-corrected chi connectivity index (χ3v) is 3.83. The largest absolute Gasteiger partial charge is 0.396 e. The third-order valence-electron chi connectivity index (χ3n) is 3.83. The van der Waals surface area contributed by atoms with Gasteiger partial charge in [-0.15, -0.1) is 0 Å². The van der Waals surface area contributed by atoms with Crippen LogP contribution < -0.4 is 0 Å². The van der Waals surface area contributed by atoms with Gasteiger partial charge in [0.2, 0.25) is 0 Å². The maximum atomic E-state index is 9.10.